The molecule has 0 saturated heterocycles. The fourth-order valence-electron chi connectivity index (χ4n) is 2.91. The highest BCUT2D eigenvalue weighted by atomic mass is 16.7. The first-order valence-electron chi connectivity index (χ1n) is 7.66. The number of carboxylic acid groups (broad SMARTS) is 1. The lowest BCUT2D eigenvalue weighted by Crippen LogP contribution is -2.18. The van der Waals surface area contributed by atoms with Crippen LogP contribution in [0.2, 0.25) is 0 Å². The van der Waals surface area contributed by atoms with E-state index < -0.39 is 6.09 Å². The number of hydrogen-bond acceptors (Lipinski definition) is 5. The molecule has 1 aliphatic carbocycles. The second-order valence-electron chi connectivity index (χ2n) is 6.10. The van der Waals surface area contributed by atoms with Gasteiger partial charge in [-0.3, -0.25) is 0 Å². The van der Waals surface area contributed by atoms with Crippen LogP contribution >= 0.6 is 0 Å². The Bertz CT molecular complexity index is 769. The Morgan fingerprint density at radius 2 is 2.38 bits per heavy atom. The minimum atomic E-state index is -1.10. The number of rotatable bonds is 7. The number of ether oxygens (including phenoxy) is 2. The summed E-state index contributed by atoms with van der Waals surface area (Å²) in [5.74, 6) is 0.261. The zero-order valence-corrected chi connectivity index (χ0v) is 13.4. The van der Waals surface area contributed by atoms with Crippen LogP contribution in [0.5, 0.6) is 0 Å². The third-order valence-electron chi connectivity index (χ3n) is 4.45. The van der Waals surface area contributed by atoms with Crippen LogP contribution in [0.25, 0.3) is 17.0 Å². The van der Waals surface area contributed by atoms with Gasteiger partial charge in [-0.05, 0) is 30.0 Å². The first kappa shape index (κ1) is 16.6. The molecule has 7 heteroatoms. The van der Waals surface area contributed by atoms with Crippen LogP contribution in [0.15, 0.2) is 30.5 Å². The van der Waals surface area contributed by atoms with E-state index in [-0.39, 0.29) is 24.7 Å². The number of fused-ring (bicyclic) bond motifs is 1. The van der Waals surface area contributed by atoms with Gasteiger partial charge in [0.25, 0.3) is 0 Å². The van der Waals surface area contributed by atoms with Gasteiger partial charge >= 0.3 is 6.09 Å². The quantitative estimate of drug-likeness (QED) is 0.596. The van der Waals surface area contributed by atoms with Crippen molar-refractivity contribution in [3.05, 3.63) is 36.0 Å². The van der Waals surface area contributed by atoms with E-state index in [1.165, 1.54) is 6.20 Å². The standard InChI is InChI=1S/C17H20N2O5/c1-23-11-24-10-17(9-20)7-14(17)4-2-12-3-5-15-13(6-12)8-18-19(15)16(21)22/h2-6,8,14,20H,7,9-11H2,1H3,(H,21,22). The maximum atomic E-state index is 11.0. The van der Waals surface area contributed by atoms with E-state index in [4.69, 9.17) is 14.6 Å². The molecule has 1 aromatic heterocycles. The Balaban J connectivity index is 1.69. The van der Waals surface area contributed by atoms with Gasteiger partial charge in [0.05, 0.1) is 24.9 Å². The first-order chi connectivity index (χ1) is 11.6. The molecule has 7 nitrogen and oxygen atoms in total. The molecule has 1 saturated carbocycles. The summed E-state index contributed by atoms with van der Waals surface area (Å²) in [4.78, 5) is 11.0. The zero-order valence-electron chi connectivity index (χ0n) is 13.4. The number of aromatic nitrogens is 2. The Hall–Kier alpha value is -2.22. The molecule has 0 amide bonds. The molecule has 128 valence electrons. The highest BCUT2D eigenvalue weighted by molar-refractivity contribution is 5.88. The van der Waals surface area contributed by atoms with Crippen LogP contribution < -0.4 is 0 Å². The molecule has 2 atom stereocenters. The van der Waals surface area contributed by atoms with Crippen molar-refractivity contribution >= 4 is 23.1 Å². The van der Waals surface area contributed by atoms with E-state index in [0.29, 0.717) is 12.1 Å². The number of aliphatic hydroxyl groups excluding tert-OH is 1. The molecule has 0 aliphatic heterocycles. The van der Waals surface area contributed by atoms with Crippen molar-refractivity contribution in [2.75, 3.05) is 27.1 Å². The van der Waals surface area contributed by atoms with Gasteiger partial charge in [-0.15, -0.1) is 0 Å². The molecule has 3 rings (SSSR count). The van der Waals surface area contributed by atoms with E-state index in [0.717, 1.165) is 22.1 Å². The Labute approximate surface area is 139 Å². The van der Waals surface area contributed by atoms with Crippen molar-refractivity contribution in [1.82, 2.24) is 9.78 Å². The lowest BCUT2D eigenvalue weighted by atomic mass is 10.1. The summed E-state index contributed by atoms with van der Waals surface area (Å²) in [7, 11) is 1.57. The molecular formula is C17H20N2O5. The van der Waals surface area contributed by atoms with E-state index in [9.17, 15) is 9.90 Å². The molecular weight excluding hydrogens is 312 g/mol. The topological polar surface area (TPSA) is 93.8 Å². The third kappa shape index (κ3) is 3.19. The summed E-state index contributed by atoms with van der Waals surface area (Å²) >= 11 is 0. The van der Waals surface area contributed by atoms with Gasteiger partial charge in [0.1, 0.15) is 6.79 Å². The number of nitrogens with zero attached hydrogens (tertiary/aromatic N) is 2. The van der Waals surface area contributed by atoms with Crippen molar-refractivity contribution in [3.63, 3.8) is 0 Å². The molecule has 24 heavy (non-hydrogen) atoms. The highest BCUT2D eigenvalue weighted by Gasteiger charge is 2.52. The lowest BCUT2D eigenvalue weighted by Gasteiger charge is -2.12. The maximum absolute atomic E-state index is 11.0. The summed E-state index contributed by atoms with van der Waals surface area (Å²) in [5.41, 5.74) is 1.31. The number of methoxy groups -OCH3 is 1. The predicted molar refractivity (Wildman–Crippen MR) is 87.6 cm³/mol. The molecule has 0 spiro atoms. The van der Waals surface area contributed by atoms with Gasteiger partial charge in [0.15, 0.2) is 0 Å². The van der Waals surface area contributed by atoms with Crippen LogP contribution in [-0.4, -0.2) is 53.2 Å². The van der Waals surface area contributed by atoms with Gasteiger partial charge in [-0.1, -0.05) is 18.2 Å². The van der Waals surface area contributed by atoms with Crippen molar-refractivity contribution in [2.24, 2.45) is 11.3 Å². The minimum Gasteiger partial charge on any atom is -0.463 e. The third-order valence-corrected chi connectivity index (χ3v) is 4.45. The van der Waals surface area contributed by atoms with E-state index in [1.54, 1.807) is 13.2 Å². The average molecular weight is 332 g/mol. The Morgan fingerprint density at radius 3 is 3.08 bits per heavy atom. The Kier molecular flexibility index (Phi) is 4.66. The fourth-order valence-corrected chi connectivity index (χ4v) is 2.91. The minimum absolute atomic E-state index is 0.0795. The van der Waals surface area contributed by atoms with Gasteiger partial charge in [-0.2, -0.15) is 9.78 Å². The van der Waals surface area contributed by atoms with Gasteiger partial charge in [0.2, 0.25) is 0 Å². The van der Waals surface area contributed by atoms with E-state index >= 15 is 0 Å². The lowest BCUT2D eigenvalue weighted by molar-refractivity contribution is -0.0557. The van der Waals surface area contributed by atoms with Crippen LogP contribution in [0.3, 0.4) is 0 Å². The van der Waals surface area contributed by atoms with Crippen LogP contribution in [0.1, 0.15) is 12.0 Å². The molecule has 2 unspecified atom stereocenters. The second-order valence-corrected chi connectivity index (χ2v) is 6.10. The fraction of sp³-hybridized carbons (Fsp3) is 0.412. The monoisotopic (exact) mass is 332 g/mol. The first-order valence-corrected chi connectivity index (χ1v) is 7.66. The largest absolute Gasteiger partial charge is 0.463 e. The summed E-state index contributed by atoms with van der Waals surface area (Å²) in [5, 5.41) is 23.3. The van der Waals surface area contributed by atoms with Crippen molar-refractivity contribution < 1.29 is 24.5 Å². The van der Waals surface area contributed by atoms with Crippen LogP contribution in [0.4, 0.5) is 4.79 Å². The maximum Gasteiger partial charge on any atom is 0.432 e. The predicted octanol–water partition coefficient (Wildman–Crippen LogP) is 2.19. The summed E-state index contributed by atoms with van der Waals surface area (Å²) in [6.07, 6.45) is 5.36. The average Bonchev–Trinajstić information content (AvgIpc) is 3.10. The van der Waals surface area contributed by atoms with E-state index in [1.807, 2.05) is 18.2 Å². The second kappa shape index (κ2) is 6.72. The number of hydrogen-bond donors (Lipinski definition) is 2. The van der Waals surface area contributed by atoms with Gasteiger partial charge < -0.3 is 19.7 Å². The molecule has 2 N–H and O–H groups in total. The van der Waals surface area contributed by atoms with Crippen molar-refractivity contribution in [2.45, 2.75) is 6.42 Å². The van der Waals surface area contributed by atoms with Crippen molar-refractivity contribution in [1.29, 1.82) is 0 Å². The van der Waals surface area contributed by atoms with Crippen LogP contribution in [0, 0.1) is 11.3 Å². The van der Waals surface area contributed by atoms with Gasteiger partial charge in [0, 0.05) is 17.9 Å². The smallest absolute Gasteiger partial charge is 0.432 e. The number of allylic oxidation sites excluding steroid dienone is 1. The Morgan fingerprint density at radius 1 is 1.54 bits per heavy atom. The number of benzene rings is 1. The normalized spacial score (nSPS) is 23.2. The van der Waals surface area contributed by atoms with Gasteiger partial charge in [-0.25, -0.2) is 4.79 Å². The SMILES string of the molecule is COCOCC1(CO)CC1C=Cc1ccc2c(cnn2C(=O)O)c1. The molecule has 1 aliphatic rings. The molecule has 1 heterocycles. The molecule has 1 fully saturated rings. The van der Waals surface area contributed by atoms with Crippen molar-refractivity contribution in [3.8, 4) is 0 Å². The molecule has 0 bridgehead atoms. The van der Waals surface area contributed by atoms with Crippen LogP contribution in [-0.2, 0) is 9.47 Å². The summed E-state index contributed by atoms with van der Waals surface area (Å²) in [6.45, 7) is 0.773. The number of carbonyl (C=O) groups is 1. The summed E-state index contributed by atoms with van der Waals surface area (Å²) in [6, 6.07) is 5.48. The summed E-state index contributed by atoms with van der Waals surface area (Å²) < 4.78 is 11.2. The van der Waals surface area contributed by atoms with E-state index in [2.05, 4.69) is 11.2 Å². The zero-order chi connectivity index (χ0) is 17.2. The molecule has 1 aromatic carbocycles. The number of aliphatic hydroxyl groups is 1. The molecule has 0 radical (unpaired) electrons. The molecule has 2 aromatic rings. The highest BCUT2D eigenvalue weighted by Crippen LogP contribution is 2.53.